The molecule has 0 saturated carbocycles. The molecule has 1 aromatic rings. The summed E-state index contributed by atoms with van der Waals surface area (Å²) in [4.78, 5) is 0. The molecule has 1 aliphatic rings. The summed E-state index contributed by atoms with van der Waals surface area (Å²) in [5.41, 5.74) is 2.53. The van der Waals surface area contributed by atoms with Crippen LogP contribution < -0.4 is 15.4 Å². The summed E-state index contributed by atoms with van der Waals surface area (Å²) in [6.45, 7) is 5.31. The highest BCUT2D eigenvalue weighted by Crippen LogP contribution is 2.27. The molecule has 1 aliphatic heterocycles. The van der Waals surface area contributed by atoms with Crippen LogP contribution in [-0.4, -0.2) is 32.8 Å². The van der Waals surface area contributed by atoms with Crippen LogP contribution in [0.3, 0.4) is 0 Å². The summed E-state index contributed by atoms with van der Waals surface area (Å²) >= 11 is 6.15. The van der Waals surface area contributed by atoms with E-state index in [4.69, 9.17) is 16.3 Å². The fraction of sp³-hybridized carbons (Fsp3) is 0.571. The molecule has 4 heteroatoms. The van der Waals surface area contributed by atoms with Crippen molar-refractivity contribution in [2.75, 3.05) is 26.7 Å². The molecule has 0 aliphatic carbocycles. The van der Waals surface area contributed by atoms with Gasteiger partial charge in [0, 0.05) is 12.6 Å². The van der Waals surface area contributed by atoms with E-state index in [9.17, 15) is 0 Å². The van der Waals surface area contributed by atoms with Crippen LogP contribution in [0.1, 0.15) is 17.5 Å². The largest absolute Gasteiger partial charge is 0.495 e. The van der Waals surface area contributed by atoms with Crippen LogP contribution in [0, 0.1) is 6.92 Å². The number of methoxy groups -OCH3 is 1. The third-order valence-electron chi connectivity index (χ3n) is 3.50. The predicted octanol–water partition coefficient (Wildman–Crippen LogP) is 2.15. The van der Waals surface area contributed by atoms with Gasteiger partial charge < -0.3 is 15.4 Å². The van der Waals surface area contributed by atoms with Gasteiger partial charge in [-0.25, -0.2) is 0 Å². The van der Waals surface area contributed by atoms with E-state index in [1.54, 1.807) is 7.11 Å². The molecular formula is C14H21ClN2O. The van der Waals surface area contributed by atoms with E-state index in [2.05, 4.69) is 17.6 Å². The molecule has 0 spiro atoms. The Kier molecular flexibility index (Phi) is 4.87. The molecule has 0 radical (unpaired) electrons. The molecule has 0 aromatic heterocycles. The van der Waals surface area contributed by atoms with Gasteiger partial charge in [0.2, 0.25) is 0 Å². The molecule has 1 saturated heterocycles. The first-order valence-electron chi connectivity index (χ1n) is 6.48. The van der Waals surface area contributed by atoms with Gasteiger partial charge in [0.25, 0.3) is 0 Å². The quantitative estimate of drug-likeness (QED) is 0.859. The van der Waals surface area contributed by atoms with E-state index in [0.29, 0.717) is 11.1 Å². The minimum absolute atomic E-state index is 0.624. The molecule has 100 valence electrons. The highest BCUT2D eigenvalue weighted by molar-refractivity contribution is 6.32. The van der Waals surface area contributed by atoms with Crippen LogP contribution in [0.5, 0.6) is 5.75 Å². The van der Waals surface area contributed by atoms with Crippen LogP contribution >= 0.6 is 11.6 Å². The molecular weight excluding hydrogens is 248 g/mol. The molecule has 3 nitrogen and oxygen atoms in total. The van der Waals surface area contributed by atoms with Crippen LogP contribution in [0.15, 0.2) is 12.1 Å². The molecule has 1 atom stereocenters. The zero-order chi connectivity index (χ0) is 13.0. The molecule has 18 heavy (non-hydrogen) atoms. The summed E-state index contributed by atoms with van der Waals surface area (Å²) in [7, 11) is 1.65. The van der Waals surface area contributed by atoms with Gasteiger partial charge in [-0.15, -0.1) is 0 Å². The molecule has 2 N–H and O–H groups in total. The van der Waals surface area contributed by atoms with E-state index in [1.165, 1.54) is 17.5 Å². The summed E-state index contributed by atoms with van der Waals surface area (Å²) in [6, 6.07) is 4.65. The van der Waals surface area contributed by atoms with Crippen molar-refractivity contribution in [2.24, 2.45) is 0 Å². The van der Waals surface area contributed by atoms with Gasteiger partial charge in [0.05, 0.1) is 12.1 Å². The molecule has 2 rings (SSSR count). The lowest BCUT2D eigenvalue weighted by Gasteiger charge is -2.13. The number of hydrogen-bond acceptors (Lipinski definition) is 3. The Morgan fingerprint density at radius 3 is 3.00 bits per heavy atom. The second-order valence-corrected chi connectivity index (χ2v) is 5.21. The minimum Gasteiger partial charge on any atom is -0.495 e. The number of nitrogens with one attached hydrogen (secondary N) is 2. The first-order chi connectivity index (χ1) is 8.70. The van der Waals surface area contributed by atoms with Crippen molar-refractivity contribution in [3.05, 3.63) is 28.3 Å². The van der Waals surface area contributed by atoms with Gasteiger partial charge in [0.15, 0.2) is 0 Å². The number of ether oxygens (including phenoxy) is 1. The van der Waals surface area contributed by atoms with Crippen molar-refractivity contribution in [2.45, 2.75) is 25.8 Å². The second kappa shape index (κ2) is 6.41. The number of rotatable bonds is 5. The van der Waals surface area contributed by atoms with Crippen LogP contribution in [-0.2, 0) is 6.42 Å². The Hall–Kier alpha value is -0.770. The van der Waals surface area contributed by atoms with Gasteiger partial charge in [-0.1, -0.05) is 11.6 Å². The number of halogens is 1. The van der Waals surface area contributed by atoms with Crippen molar-refractivity contribution in [3.8, 4) is 5.75 Å². The zero-order valence-electron chi connectivity index (χ0n) is 11.1. The van der Waals surface area contributed by atoms with Gasteiger partial charge in [-0.05, 0) is 56.1 Å². The van der Waals surface area contributed by atoms with Crippen molar-refractivity contribution in [1.29, 1.82) is 0 Å². The fourth-order valence-electron chi connectivity index (χ4n) is 2.36. The monoisotopic (exact) mass is 268 g/mol. The lowest BCUT2D eigenvalue weighted by Crippen LogP contribution is -2.32. The summed E-state index contributed by atoms with van der Waals surface area (Å²) in [5, 5.41) is 7.62. The molecule has 1 unspecified atom stereocenters. The summed E-state index contributed by atoms with van der Waals surface area (Å²) in [6.07, 6.45) is 2.23. The normalized spacial score (nSPS) is 19.2. The van der Waals surface area contributed by atoms with Crippen LogP contribution in [0.25, 0.3) is 0 Å². The zero-order valence-corrected chi connectivity index (χ0v) is 11.8. The average molecular weight is 269 g/mol. The topological polar surface area (TPSA) is 33.3 Å². The lowest BCUT2D eigenvalue weighted by molar-refractivity contribution is 0.414. The Bertz CT molecular complexity index is 403. The molecule has 1 aromatic carbocycles. The number of hydrogen-bond donors (Lipinski definition) is 2. The molecule has 0 amide bonds. The first-order valence-corrected chi connectivity index (χ1v) is 6.85. The first kappa shape index (κ1) is 13.7. The Morgan fingerprint density at radius 1 is 1.50 bits per heavy atom. The van der Waals surface area contributed by atoms with Crippen LogP contribution in [0.2, 0.25) is 5.02 Å². The molecule has 0 bridgehead atoms. The maximum atomic E-state index is 6.15. The van der Waals surface area contributed by atoms with E-state index in [0.717, 1.165) is 31.8 Å². The standard InChI is InChI=1S/C14H21ClN2O/c1-10-7-14(18-2)13(15)8-11(10)3-6-17-12-4-5-16-9-12/h7-8,12,16-17H,3-6,9H2,1-2H3. The van der Waals surface area contributed by atoms with E-state index < -0.39 is 0 Å². The third kappa shape index (κ3) is 3.37. The minimum atomic E-state index is 0.624. The Morgan fingerprint density at radius 2 is 2.33 bits per heavy atom. The number of aryl methyl sites for hydroxylation is 1. The van der Waals surface area contributed by atoms with E-state index >= 15 is 0 Å². The maximum Gasteiger partial charge on any atom is 0.137 e. The van der Waals surface area contributed by atoms with Crippen molar-refractivity contribution < 1.29 is 4.74 Å². The predicted molar refractivity (Wildman–Crippen MR) is 75.7 cm³/mol. The SMILES string of the molecule is COc1cc(C)c(CCNC2CCNC2)cc1Cl. The Labute approximate surface area is 114 Å². The lowest BCUT2D eigenvalue weighted by atomic mass is 10.1. The highest BCUT2D eigenvalue weighted by atomic mass is 35.5. The Balaban J connectivity index is 1.90. The smallest absolute Gasteiger partial charge is 0.137 e. The van der Waals surface area contributed by atoms with Gasteiger partial charge in [0.1, 0.15) is 5.75 Å². The highest BCUT2D eigenvalue weighted by Gasteiger charge is 2.13. The van der Waals surface area contributed by atoms with Crippen molar-refractivity contribution in [3.63, 3.8) is 0 Å². The summed E-state index contributed by atoms with van der Waals surface area (Å²) < 4.78 is 5.21. The van der Waals surface area contributed by atoms with Crippen LogP contribution in [0.4, 0.5) is 0 Å². The fourth-order valence-corrected chi connectivity index (χ4v) is 2.63. The van der Waals surface area contributed by atoms with E-state index in [-0.39, 0.29) is 0 Å². The van der Waals surface area contributed by atoms with Crippen molar-refractivity contribution >= 4 is 11.6 Å². The summed E-state index contributed by atoms with van der Waals surface area (Å²) in [5.74, 6) is 0.755. The van der Waals surface area contributed by atoms with Gasteiger partial charge in [-0.3, -0.25) is 0 Å². The van der Waals surface area contributed by atoms with Gasteiger partial charge in [-0.2, -0.15) is 0 Å². The second-order valence-electron chi connectivity index (χ2n) is 4.81. The maximum absolute atomic E-state index is 6.15. The number of benzene rings is 1. The molecule has 1 fully saturated rings. The van der Waals surface area contributed by atoms with Gasteiger partial charge >= 0.3 is 0 Å². The van der Waals surface area contributed by atoms with Crippen molar-refractivity contribution in [1.82, 2.24) is 10.6 Å². The van der Waals surface area contributed by atoms with E-state index in [1.807, 2.05) is 12.1 Å². The average Bonchev–Trinajstić information content (AvgIpc) is 2.86. The third-order valence-corrected chi connectivity index (χ3v) is 3.79. The molecule has 1 heterocycles.